The third-order valence-electron chi connectivity index (χ3n) is 3.22. The standard InChI is InChI=1S/C15H7F6NO/c16-14(17,18)10-4-1-3-8-9(11-5-2-6-23-11)7-12(15(19,20)21)22-13(8)10/h1-7H. The maximum Gasteiger partial charge on any atom is 0.433 e. The van der Waals surface area contributed by atoms with E-state index in [1.54, 1.807) is 0 Å². The zero-order valence-electron chi connectivity index (χ0n) is 11.2. The van der Waals surface area contributed by atoms with Crippen molar-refractivity contribution in [1.82, 2.24) is 4.98 Å². The normalized spacial score (nSPS) is 12.8. The van der Waals surface area contributed by atoms with E-state index in [1.807, 2.05) is 0 Å². The van der Waals surface area contributed by atoms with Gasteiger partial charge in [-0.15, -0.1) is 0 Å². The maximum absolute atomic E-state index is 13.1. The number of halogens is 6. The van der Waals surface area contributed by atoms with Crippen LogP contribution in [0.3, 0.4) is 0 Å². The molecule has 0 saturated carbocycles. The summed E-state index contributed by atoms with van der Waals surface area (Å²) in [6.45, 7) is 0. The third kappa shape index (κ3) is 2.76. The number of fused-ring (bicyclic) bond motifs is 1. The Balaban J connectivity index is 2.43. The van der Waals surface area contributed by atoms with E-state index in [4.69, 9.17) is 4.42 Å². The highest BCUT2D eigenvalue weighted by atomic mass is 19.4. The zero-order valence-corrected chi connectivity index (χ0v) is 11.2. The second-order valence-electron chi connectivity index (χ2n) is 4.73. The van der Waals surface area contributed by atoms with Crippen LogP contribution in [-0.4, -0.2) is 4.98 Å². The van der Waals surface area contributed by atoms with E-state index in [-0.39, 0.29) is 16.7 Å². The zero-order chi connectivity index (χ0) is 16.8. The van der Waals surface area contributed by atoms with Crippen molar-refractivity contribution in [2.75, 3.05) is 0 Å². The van der Waals surface area contributed by atoms with Gasteiger partial charge in [-0.1, -0.05) is 12.1 Å². The smallest absolute Gasteiger partial charge is 0.433 e. The fourth-order valence-electron chi connectivity index (χ4n) is 2.26. The average Bonchev–Trinajstić information content (AvgIpc) is 2.97. The average molecular weight is 331 g/mol. The van der Waals surface area contributed by atoms with Crippen molar-refractivity contribution in [3.8, 4) is 11.3 Å². The van der Waals surface area contributed by atoms with Gasteiger partial charge in [-0.05, 0) is 24.3 Å². The number of alkyl halides is 6. The minimum atomic E-state index is -4.88. The van der Waals surface area contributed by atoms with Gasteiger partial charge < -0.3 is 4.42 Å². The lowest BCUT2D eigenvalue weighted by atomic mass is 10.0. The van der Waals surface area contributed by atoms with E-state index in [1.165, 1.54) is 24.5 Å². The van der Waals surface area contributed by atoms with Gasteiger partial charge in [0, 0.05) is 10.9 Å². The van der Waals surface area contributed by atoms with Crippen molar-refractivity contribution in [3.63, 3.8) is 0 Å². The van der Waals surface area contributed by atoms with Crippen LogP contribution in [0.2, 0.25) is 0 Å². The summed E-state index contributed by atoms with van der Waals surface area (Å²) >= 11 is 0. The SMILES string of the molecule is FC(F)(F)c1cc(-c2ccco2)c2cccc(C(F)(F)F)c2n1. The van der Waals surface area contributed by atoms with E-state index in [0.29, 0.717) is 12.1 Å². The molecular formula is C15H7F6NO. The van der Waals surface area contributed by atoms with E-state index < -0.39 is 29.1 Å². The highest BCUT2D eigenvalue weighted by Crippen LogP contribution is 2.40. The molecule has 0 N–H and O–H groups in total. The van der Waals surface area contributed by atoms with Crippen LogP contribution in [0, 0.1) is 0 Å². The molecule has 0 fully saturated rings. The molecule has 0 atom stereocenters. The molecule has 0 amide bonds. The Morgan fingerprint density at radius 1 is 0.870 bits per heavy atom. The second kappa shape index (κ2) is 5.00. The van der Waals surface area contributed by atoms with Gasteiger partial charge in [-0.3, -0.25) is 0 Å². The van der Waals surface area contributed by atoms with Crippen LogP contribution < -0.4 is 0 Å². The van der Waals surface area contributed by atoms with Gasteiger partial charge in [-0.2, -0.15) is 26.3 Å². The molecule has 1 aromatic carbocycles. The predicted octanol–water partition coefficient (Wildman–Crippen LogP) is 5.53. The first-order valence-corrected chi connectivity index (χ1v) is 6.30. The Kier molecular flexibility index (Phi) is 3.35. The van der Waals surface area contributed by atoms with Crippen LogP contribution >= 0.6 is 0 Å². The molecule has 0 radical (unpaired) electrons. The molecule has 2 nitrogen and oxygen atoms in total. The van der Waals surface area contributed by atoms with E-state index in [2.05, 4.69) is 4.98 Å². The molecule has 2 heterocycles. The van der Waals surface area contributed by atoms with Crippen LogP contribution in [-0.2, 0) is 12.4 Å². The molecule has 0 saturated heterocycles. The Bertz CT molecular complexity index is 849. The summed E-state index contributed by atoms with van der Waals surface area (Å²) in [6, 6.07) is 6.57. The number of rotatable bonds is 1. The summed E-state index contributed by atoms with van der Waals surface area (Å²) in [5.41, 5.74) is -3.50. The first kappa shape index (κ1) is 15.4. The Hall–Kier alpha value is -2.51. The Morgan fingerprint density at radius 3 is 2.17 bits per heavy atom. The number of hydrogen-bond donors (Lipinski definition) is 0. The molecule has 0 aliphatic carbocycles. The molecule has 0 spiro atoms. The number of nitrogens with zero attached hydrogens (tertiary/aromatic N) is 1. The molecule has 0 aliphatic heterocycles. The van der Waals surface area contributed by atoms with Crippen LogP contribution in [0.5, 0.6) is 0 Å². The number of para-hydroxylation sites is 1. The van der Waals surface area contributed by atoms with Gasteiger partial charge in [0.15, 0.2) is 0 Å². The van der Waals surface area contributed by atoms with Crippen molar-refractivity contribution < 1.29 is 30.8 Å². The van der Waals surface area contributed by atoms with Crippen molar-refractivity contribution >= 4 is 10.9 Å². The molecule has 8 heteroatoms. The lowest BCUT2D eigenvalue weighted by Crippen LogP contribution is -2.12. The summed E-state index contributed by atoms with van der Waals surface area (Å²) in [4.78, 5) is 3.20. The number of hydrogen-bond acceptors (Lipinski definition) is 2. The van der Waals surface area contributed by atoms with Gasteiger partial charge in [-0.25, -0.2) is 4.98 Å². The molecular weight excluding hydrogens is 324 g/mol. The van der Waals surface area contributed by atoms with Gasteiger partial charge in [0.1, 0.15) is 11.5 Å². The van der Waals surface area contributed by atoms with Crippen molar-refractivity contribution in [2.45, 2.75) is 12.4 Å². The Morgan fingerprint density at radius 2 is 1.61 bits per heavy atom. The summed E-state index contributed by atoms with van der Waals surface area (Å²) in [6.07, 6.45) is -8.48. The monoisotopic (exact) mass is 331 g/mol. The van der Waals surface area contributed by atoms with E-state index in [9.17, 15) is 26.3 Å². The third-order valence-corrected chi connectivity index (χ3v) is 3.22. The van der Waals surface area contributed by atoms with Crippen LogP contribution in [0.15, 0.2) is 47.1 Å². The minimum Gasteiger partial charge on any atom is -0.464 e. The highest BCUT2D eigenvalue weighted by molar-refractivity contribution is 5.95. The van der Waals surface area contributed by atoms with Crippen molar-refractivity contribution in [1.29, 1.82) is 0 Å². The summed E-state index contributed by atoms with van der Waals surface area (Å²) in [7, 11) is 0. The van der Waals surface area contributed by atoms with E-state index >= 15 is 0 Å². The first-order valence-electron chi connectivity index (χ1n) is 6.30. The lowest BCUT2D eigenvalue weighted by Gasteiger charge is -2.14. The summed E-state index contributed by atoms with van der Waals surface area (Å²) in [5.74, 6) is 0.0298. The van der Waals surface area contributed by atoms with Crippen LogP contribution in [0.1, 0.15) is 11.3 Å². The molecule has 0 aliphatic rings. The number of furan rings is 1. The van der Waals surface area contributed by atoms with Gasteiger partial charge in [0.2, 0.25) is 0 Å². The van der Waals surface area contributed by atoms with Crippen LogP contribution in [0.25, 0.3) is 22.2 Å². The van der Waals surface area contributed by atoms with Crippen LogP contribution in [0.4, 0.5) is 26.3 Å². The lowest BCUT2D eigenvalue weighted by molar-refractivity contribution is -0.142. The van der Waals surface area contributed by atoms with Crippen molar-refractivity contribution in [3.05, 3.63) is 53.9 Å². The predicted molar refractivity (Wildman–Crippen MR) is 69.4 cm³/mol. The van der Waals surface area contributed by atoms with E-state index in [0.717, 1.165) is 6.07 Å². The fraction of sp³-hybridized carbons (Fsp3) is 0.133. The van der Waals surface area contributed by atoms with Crippen molar-refractivity contribution in [2.24, 2.45) is 0 Å². The Labute approximate surface area is 125 Å². The minimum absolute atomic E-state index is 0.0298. The maximum atomic E-state index is 13.1. The highest BCUT2D eigenvalue weighted by Gasteiger charge is 2.37. The molecule has 23 heavy (non-hydrogen) atoms. The molecule has 3 rings (SSSR count). The van der Waals surface area contributed by atoms with Gasteiger partial charge in [0.05, 0.1) is 17.3 Å². The molecule has 0 unspecified atom stereocenters. The first-order chi connectivity index (χ1) is 10.7. The fourth-order valence-corrected chi connectivity index (χ4v) is 2.26. The molecule has 0 bridgehead atoms. The van der Waals surface area contributed by atoms with Gasteiger partial charge >= 0.3 is 12.4 Å². The number of pyridine rings is 1. The number of aromatic nitrogens is 1. The topological polar surface area (TPSA) is 26.0 Å². The van der Waals surface area contributed by atoms with Gasteiger partial charge in [0.25, 0.3) is 0 Å². The molecule has 120 valence electrons. The largest absolute Gasteiger partial charge is 0.464 e. The second-order valence-corrected chi connectivity index (χ2v) is 4.73. The number of benzene rings is 1. The molecule has 3 aromatic rings. The molecule has 2 aromatic heterocycles. The summed E-state index contributed by atoms with van der Waals surface area (Å²) in [5, 5.41) is -0.0669. The summed E-state index contributed by atoms with van der Waals surface area (Å²) < 4.78 is 83.2. The quantitative estimate of drug-likeness (QED) is 0.548.